The van der Waals surface area contributed by atoms with E-state index in [9.17, 15) is 14.3 Å². The molecular weight excluding hydrogens is 407 g/mol. The molecule has 1 N–H and O–H groups in total. The van der Waals surface area contributed by atoms with Gasteiger partial charge in [0, 0.05) is 14.5 Å². The van der Waals surface area contributed by atoms with Crippen LogP contribution in [0.15, 0.2) is 39.3 Å². The Morgan fingerprint density at radius 1 is 1.24 bits per heavy atom. The smallest absolute Gasteiger partial charge is 0.336 e. The van der Waals surface area contributed by atoms with Crippen LogP contribution in [0.5, 0.6) is 5.75 Å². The number of hydrogen-bond acceptors (Lipinski definition) is 2. The van der Waals surface area contributed by atoms with Gasteiger partial charge < -0.3 is 9.84 Å². The molecule has 0 aliphatic heterocycles. The van der Waals surface area contributed by atoms with Gasteiger partial charge in [-0.1, -0.05) is 31.9 Å². The standard InChI is InChI=1S/C15H11Br2FO3/c1-8-4-10(17)5-11(15(19)20)12(8)7-21-14-3-2-9(16)6-13(14)18/h2-6H,7H2,1H3,(H,19,20). The molecule has 0 saturated carbocycles. The van der Waals surface area contributed by atoms with Crippen molar-refractivity contribution in [2.75, 3.05) is 0 Å². The molecule has 0 fully saturated rings. The first kappa shape index (κ1) is 16.0. The van der Waals surface area contributed by atoms with E-state index in [0.717, 1.165) is 5.56 Å². The van der Waals surface area contributed by atoms with Crippen molar-refractivity contribution in [3.8, 4) is 5.75 Å². The minimum atomic E-state index is -1.05. The fraction of sp³-hybridized carbons (Fsp3) is 0.133. The monoisotopic (exact) mass is 416 g/mol. The highest BCUT2D eigenvalue weighted by molar-refractivity contribution is 9.10. The molecule has 0 aliphatic rings. The highest BCUT2D eigenvalue weighted by Crippen LogP contribution is 2.25. The van der Waals surface area contributed by atoms with Crippen molar-refractivity contribution in [2.45, 2.75) is 13.5 Å². The fourth-order valence-corrected chi connectivity index (χ4v) is 2.80. The molecule has 0 unspecified atom stereocenters. The van der Waals surface area contributed by atoms with Crippen LogP contribution in [-0.2, 0) is 6.61 Å². The molecule has 110 valence electrons. The Bertz CT molecular complexity index is 702. The average Bonchev–Trinajstić information content (AvgIpc) is 2.38. The Labute approximate surface area is 138 Å². The lowest BCUT2D eigenvalue weighted by atomic mass is 10.0. The third-order valence-electron chi connectivity index (χ3n) is 2.93. The van der Waals surface area contributed by atoms with Gasteiger partial charge in [-0.05, 0) is 42.8 Å². The van der Waals surface area contributed by atoms with E-state index in [2.05, 4.69) is 31.9 Å². The number of carbonyl (C=O) groups is 1. The van der Waals surface area contributed by atoms with Crippen LogP contribution in [0.1, 0.15) is 21.5 Å². The van der Waals surface area contributed by atoms with Crippen LogP contribution in [0.3, 0.4) is 0 Å². The topological polar surface area (TPSA) is 46.5 Å². The summed E-state index contributed by atoms with van der Waals surface area (Å²) in [5.74, 6) is -1.47. The number of hydrogen-bond donors (Lipinski definition) is 1. The van der Waals surface area contributed by atoms with Crippen LogP contribution in [0.25, 0.3) is 0 Å². The Balaban J connectivity index is 2.29. The summed E-state index contributed by atoms with van der Waals surface area (Å²) < 4.78 is 20.4. The summed E-state index contributed by atoms with van der Waals surface area (Å²) >= 11 is 6.43. The van der Waals surface area contributed by atoms with Crippen molar-refractivity contribution in [3.05, 3.63) is 61.8 Å². The van der Waals surface area contributed by atoms with Crippen molar-refractivity contribution in [2.24, 2.45) is 0 Å². The van der Waals surface area contributed by atoms with E-state index in [0.29, 0.717) is 14.5 Å². The lowest BCUT2D eigenvalue weighted by molar-refractivity contribution is 0.0693. The summed E-state index contributed by atoms with van der Waals surface area (Å²) in [6.45, 7) is 1.77. The lowest BCUT2D eigenvalue weighted by Crippen LogP contribution is -2.08. The van der Waals surface area contributed by atoms with Crippen molar-refractivity contribution < 1.29 is 19.0 Å². The molecule has 0 aromatic heterocycles. The number of halogens is 3. The molecule has 0 amide bonds. The van der Waals surface area contributed by atoms with Gasteiger partial charge in [-0.3, -0.25) is 0 Å². The van der Waals surface area contributed by atoms with Gasteiger partial charge in [-0.25, -0.2) is 9.18 Å². The molecular formula is C15H11Br2FO3. The zero-order chi connectivity index (χ0) is 15.6. The first-order chi connectivity index (χ1) is 9.88. The summed E-state index contributed by atoms with van der Waals surface area (Å²) in [4.78, 5) is 11.3. The largest absolute Gasteiger partial charge is 0.486 e. The first-order valence-corrected chi connectivity index (χ1v) is 7.57. The molecule has 0 aliphatic carbocycles. The summed E-state index contributed by atoms with van der Waals surface area (Å²) in [6, 6.07) is 7.75. The molecule has 0 bridgehead atoms. The second kappa shape index (κ2) is 6.58. The van der Waals surface area contributed by atoms with E-state index in [4.69, 9.17) is 4.74 Å². The zero-order valence-corrected chi connectivity index (χ0v) is 14.2. The van der Waals surface area contributed by atoms with Crippen molar-refractivity contribution >= 4 is 37.8 Å². The van der Waals surface area contributed by atoms with Gasteiger partial charge >= 0.3 is 5.97 Å². The number of aromatic carboxylic acids is 1. The zero-order valence-electron chi connectivity index (χ0n) is 11.0. The maximum Gasteiger partial charge on any atom is 0.336 e. The highest BCUT2D eigenvalue weighted by atomic mass is 79.9. The molecule has 21 heavy (non-hydrogen) atoms. The van der Waals surface area contributed by atoms with Crippen molar-refractivity contribution in [1.82, 2.24) is 0 Å². The van der Waals surface area contributed by atoms with Crippen LogP contribution < -0.4 is 4.74 Å². The predicted molar refractivity (Wildman–Crippen MR) is 84.3 cm³/mol. The summed E-state index contributed by atoms with van der Waals surface area (Å²) in [7, 11) is 0. The van der Waals surface area contributed by atoms with E-state index in [1.165, 1.54) is 18.2 Å². The molecule has 6 heteroatoms. The molecule has 2 aromatic rings. The first-order valence-electron chi connectivity index (χ1n) is 5.98. The fourth-order valence-electron chi connectivity index (χ4n) is 1.90. The summed E-state index contributed by atoms with van der Waals surface area (Å²) in [5, 5.41) is 9.25. The Morgan fingerprint density at radius 2 is 1.95 bits per heavy atom. The van der Waals surface area contributed by atoms with Crippen LogP contribution in [0.2, 0.25) is 0 Å². The third-order valence-corrected chi connectivity index (χ3v) is 3.89. The molecule has 0 heterocycles. The normalized spacial score (nSPS) is 10.5. The number of carboxylic acid groups (broad SMARTS) is 1. The maximum absolute atomic E-state index is 13.7. The highest BCUT2D eigenvalue weighted by Gasteiger charge is 2.15. The number of ether oxygens (including phenoxy) is 1. The minimum Gasteiger partial charge on any atom is -0.486 e. The van der Waals surface area contributed by atoms with E-state index < -0.39 is 11.8 Å². The Kier molecular flexibility index (Phi) is 5.00. The number of rotatable bonds is 4. The average molecular weight is 418 g/mol. The van der Waals surface area contributed by atoms with Gasteiger partial charge in [-0.15, -0.1) is 0 Å². The van der Waals surface area contributed by atoms with Crippen LogP contribution in [0, 0.1) is 12.7 Å². The van der Waals surface area contributed by atoms with E-state index >= 15 is 0 Å². The van der Waals surface area contributed by atoms with Gasteiger partial charge in [0.15, 0.2) is 11.6 Å². The van der Waals surface area contributed by atoms with Gasteiger partial charge in [-0.2, -0.15) is 0 Å². The van der Waals surface area contributed by atoms with Gasteiger partial charge in [0.05, 0.1) is 5.56 Å². The molecule has 3 nitrogen and oxygen atoms in total. The second-order valence-corrected chi connectivity index (χ2v) is 6.25. The van der Waals surface area contributed by atoms with Crippen molar-refractivity contribution in [1.29, 1.82) is 0 Å². The molecule has 0 saturated heterocycles. The number of benzene rings is 2. The van der Waals surface area contributed by atoms with E-state index in [1.807, 2.05) is 0 Å². The van der Waals surface area contributed by atoms with Crippen LogP contribution >= 0.6 is 31.9 Å². The quantitative estimate of drug-likeness (QED) is 0.766. The molecule has 2 aromatic carbocycles. The Morgan fingerprint density at radius 3 is 2.57 bits per heavy atom. The maximum atomic E-state index is 13.7. The lowest BCUT2D eigenvalue weighted by Gasteiger charge is -2.13. The van der Waals surface area contributed by atoms with Crippen LogP contribution in [-0.4, -0.2) is 11.1 Å². The molecule has 0 atom stereocenters. The Hall–Kier alpha value is -1.40. The van der Waals surface area contributed by atoms with Gasteiger partial charge in [0.1, 0.15) is 6.61 Å². The van der Waals surface area contributed by atoms with E-state index in [-0.39, 0.29) is 17.9 Å². The predicted octanol–water partition coefficient (Wildman–Crippen LogP) is 4.94. The SMILES string of the molecule is Cc1cc(Br)cc(C(=O)O)c1COc1ccc(Br)cc1F. The van der Waals surface area contributed by atoms with E-state index in [1.54, 1.807) is 19.1 Å². The minimum absolute atomic E-state index is 0.0146. The summed E-state index contributed by atoms with van der Waals surface area (Å²) in [5.41, 5.74) is 1.42. The molecule has 0 radical (unpaired) electrons. The third kappa shape index (κ3) is 3.83. The van der Waals surface area contributed by atoms with Crippen molar-refractivity contribution in [3.63, 3.8) is 0 Å². The molecule has 0 spiro atoms. The van der Waals surface area contributed by atoms with Gasteiger partial charge in [0.25, 0.3) is 0 Å². The van der Waals surface area contributed by atoms with Gasteiger partial charge in [0.2, 0.25) is 0 Å². The second-order valence-electron chi connectivity index (χ2n) is 4.42. The number of carboxylic acids is 1. The summed E-state index contributed by atoms with van der Waals surface area (Å²) in [6.07, 6.45) is 0. The molecule has 2 rings (SSSR count). The van der Waals surface area contributed by atoms with Crippen LogP contribution in [0.4, 0.5) is 4.39 Å². The number of aryl methyl sites for hydroxylation is 1.